The fraction of sp³-hybridized carbons (Fsp3) is 0.526. The van der Waals surface area contributed by atoms with Crippen molar-refractivity contribution in [1.29, 1.82) is 0 Å². The Bertz CT molecular complexity index is 650. The number of benzene rings is 1. The molecule has 1 N–H and O–H groups in total. The van der Waals surface area contributed by atoms with Crippen molar-refractivity contribution in [3.05, 3.63) is 30.0 Å². The molecule has 0 aliphatic carbocycles. The summed E-state index contributed by atoms with van der Waals surface area (Å²) in [6.45, 7) is 11.8. The SMILES string of the molecule is CCC(=O)Oc1cccc2c(CCN(C(C)C)C(C)C)c[nH]c12. The van der Waals surface area contributed by atoms with Crippen LogP contribution in [0.5, 0.6) is 5.75 Å². The van der Waals surface area contributed by atoms with Gasteiger partial charge >= 0.3 is 5.97 Å². The van der Waals surface area contributed by atoms with Gasteiger partial charge in [-0.2, -0.15) is 0 Å². The van der Waals surface area contributed by atoms with Crippen LogP contribution < -0.4 is 4.74 Å². The molecular weight excluding hydrogens is 288 g/mol. The minimum atomic E-state index is -0.209. The molecule has 23 heavy (non-hydrogen) atoms. The van der Waals surface area contributed by atoms with E-state index >= 15 is 0 Å². The third-order valence-corrected chi connectivity index (χ3v) is 4.24. The van der Waals surface area contributed by atoms with Crippen LogP contribution in [0.4, 0.5) is 0 Å². The van der Waals surface area contributed by atoms with Crippen LogP contribution in [0.25, 0.3) is 10.9 Å². The number of rotatable bonds is 7. The molecule has 1 aromatic carbocycles. The molecule has 0 spiro atoms. The minimum absolute atomic E-state index is 0.209. The van der Waals surface area contributed by atoms with Crippen LogP contribution in [0.3, 0.4) is 0 Å². The summed E-state index contributed by atoms with van der Waals surface area (Å²) in [6.07, 6.45) is 3.38. The van der Waals surface area contributed by atoms with E-state index in [1.807, 2.05) is 18.3 Å². The predicted molar refractivity (Wildman–Crippen MR) is 94.9 cm³/mol. The maximum absolute atomic E-state index is 11.6. The molecule has 126 valence electrons. The molecule has 0 fully saturated rings. The van der Waals surface area contributed by atoms with Gasteiger partial charge in [0.1, 0.15) is 0 Å². The van der Waals surface area contributed by atoms with Crippen molar-refractivity contribution in [2.24, 2.45) is 0 Å². The fourth-order valence-electron chi connectivity index (χ4n) is 3.03. The third-order valence-electron chi connectivity index (χ3n) is 4.24. The summed E-state index contributed by atoms with van der Waals surface area (Å²) in [4.78, 5) is 17.3. The highest BCUT2D eigenvalue weighted by atomic mass is 16.5. The number of nitrogens with zero attached hydrogens (tertiary/aromatic N) is 1. The van der Waals surface area contributed by atoms with Crippen LogP contribution in [0.2, 0.25) is 0 Å². The number of H-pyrrole nitrogens is 1. The van der Waals surface area contributed by atoms with Crippen molar-refractivity contribution in [3.8, 4) is 5.75 Å². The molecule has 2 aromatic rings. The van der Waals surface area contributed by atoms with E-state index in [-0.39, 0.29) is 5.97 Å². The standard InChI is InChI=1S/C19H28N2O2/c1-6-18(22)23-17-9-7-8-16-15(12-20-19(16)17)10-11-21(13(2)3)14(4)5/h7-9,12-14,20H,6,10-11H2,1-5H3. The van der Waals surface area contributed by atoms with Crippen LogP contribution in [-0.4, -0.2) is 34.5 Å². The van der Waals surface area contributed by atoms with E-state index in [1.165, 1.54) is 5.56 Å². The van der Waals surface area contributed by atoms with Crippen molar-refractivity contribution >= 4 is 16.9 Å². The highest BCUT2D eigenvalue weighted by molar-refractivity contribution is 5.90. The predicted octanol–water partition coefficient (Wildman–Crippen LogP) is 4.14. The van der Waals surface area contributed by atoms with Crippen LogP contribution in [0.1, 0.15) is 46.6 Å². The van der Waals surface area contributed by atoms with Gasteiger partial charge < -0.3 is 9.72 Å². The Labute approximate surface area is 138 Å². The lowest BCUT2D eigenvalue weighted by Gasteiger charge is -2.30. The second kappa shape index (κ2) is 7.64. The number of hydrogen-bond acceptors (Lipinski definition) is 3. The first-order valence-corrected chi connectivity index (χ1v) is 8.49. The van der Waals surface area contributed by atoms with Gasteiger partial charge in [-0.3, -0.25) is 9.69 Å². The zero-order valence-corrected chi connectivity index (χ0v) is 14.8. The van der Waals surface area contributed by atoms with E-state index < -0.39 is 0 Å². The number of nitrogens with one attached hydrogen (secondary N) is 1. The number of carbonyl (C=O) groups is 1. The first-order chi connectivity index (χ1) is 10.9. The van der Waals surface area contributed by atoms with E-state index in [1.54, 1.807) is 6.92 Å². The maximum Gasteiger partial charge on any atom is 0.310 e. The van der Waals surface area contributed by atoms with Gasteiger partial charge in [0, 0.05) is 36.6 Å². The largest absolute Gasteiger partial charge is 0.424 e. The zero-order chi connectivity index (χ0) is 17.0. The van der Waals surface area contributed by atoms with Crippen LogP contribution in [0, 0.1) is 0 Å². The number of aromatic nitrogens is 1. The van der Waals surface area contributed by atoms with Crippen molar-refractivity contribution in [2.75, 3.05) is 6.54 Å². The Balaban J connectivity index is 2.20. The maximum atomic E-state index is 11.6. The third kappa shape index (κ3) is 4.14. The van der Waals surface area contributed by atoms with Gasteiger partial charge in [0.25, 0.3) is 0 Å². The molecule has 0 bridgehead atoms. The van der Waals surface area contributed by atoms with Gasteiger partial charge in [0.2, 0.25) is 0 Å². The average molecular weight is 316 g/mol. The summed E-state index contributed by atoms with van der Waals surface area (Å²) in [7, 11) is 0. The molecule has 4 heteroatoms. The van der Waals surface area contributed by atoms with Gasteiger partial charge in [0.05, 0.1) is 5.52 Å². The van der Waals surface area contributed by atoms with Crippen molar-refractivity contribution in [1.82, 2.24) is 9.88 Å². The highest BCUT2D eigenvalue weighted by Gasteiger charge is 2.15. The van der Waals surface area contributed by atoms with Gasteiger partial charge in [0.15, 0.2) is 5.75 Å². The molecule has 4 nitrogen and oxygen atoms in total. The van der Waals surface area contributed by atoms with Crippen molar-refractivity contribution < 1.29 is 9.53 Å². The van der Waals surface area contributed by atoms with Crippen molar-refractivity contribution in [2.45, 2.75) is 59.5 Å². The Morgan fingerprint density at radius 3 is 2.52 bits per heavy atom. The van der Waals surface area contributed by atoms with Gasteiger partial charge in [-0.1, -0.05) is 19.1 Å². The van der Waals surface area contributed by atoms with Gasteiger partial charge in [-0.05, 0) is 45.7 Å². The summed E-state index contributed by atoms with van der Waals surface area (Å²) in [5, 5.41) is 1.14. The lowest BCUT2D eigenvalue weighted by molar-refractivity contribution is -0.133. The second-order valence-electron chi connectivity index (χ2n) is 6.50. The first-order valence-electron chi connectivity index (χ1n) is 8.49. The summed E-state index contributed by atoms with van der Waals surface area (Å²) in [6, 6.07) is 6.92. The van der Waals surface area contributed by atoms with Crippen LogP contribution in [-0.2, 0) is 11.2 Å². The molecule has 0 saturated carbocycles. The first kappa shape index (κ1) is 17.5. The van der Waals surface area contributed by atoms with Crippen LogP contribution >= 0.6 is 0 Å². The number of esters is 1. The number of para-hydroxylation sites is 1. The number of aromatic amines is 1. The number of fused-ring (bicyclic) bond motifs is 1. The monoisotopic (exact) mass is 316 g/mol. The lowest BCUT2D eigenvalue weighted by atomic mass is 10.1. The summed E-state index contributed by atoms with van der Waals surface area (Å²) in [5.41, 5.74) is 2.17. The molecule has 0 unspecified atom stereocenters. The molecular formula is C19H28N2O2. The van der Waals surface area contributed by atoms with E-state index in [0.717, 1.165) is 23.9 Å². The average Bonchev–Trinajstić information content (AvgIpc) is 2.91. The summed E-state index contributed by atoms with van der Waals surface area (Å²) in [5.74, 6) is 0.407. The molecule has 0 aliphatic rings. The van der Waals surface area contributed by atoms with Gasteiger partial charge in [-0.25, -0.2) is 0 Å². The minimum Gasteiger partial charge on any atom is -0.424 e. The fourth-order valence-corrected chi connectivity index (χ4v) is 3.03. The molecule has 1 aromatic heterocycles. The Morgan fingerprint density at radius 2 is 1.91 bits per heavy atom. The smallest absolute Gasteiger partial charge is 0.310 e. The van der Waals surface area contributed by atoms with E-state index in [9.17, 15) is 4.79 Å². The highest BCUT2D eigenvalue weighted by Crippen LogP contribution is 2.28. The molecule has 0 saturated heterocycles. The lowest BCUT2D eigenvalue weighted by Crippen LogP contribution is -2.38. The summed E-state index contributed by atoms with van der Waals surface area (Å²) < 4.78 is 5.41. The quantitative estimate of drug-likeness (QED) is 0.616. The summed E-state index contributed by atoms with van der Waals surface area (Å²) >= 11 is 0. The number of ether oxygens (including phenoxy) is 1. The molecule has 2 rings (SSSR count). The zero-order valence-electron chi connectivity index (χ0n) is 14.8. The van der Waals surface area contributed by atoms with Crippen molar-refractivity contribution in [3.63, 3.8) is 0 Å². The molecule has 0 atom stereocenters. The normalized spacial score (nSPS) is 11.8. The Hall–Kier alpha value is -1.81. The van der Waals surface area contributed by atoms with Crippen LogP contribution in [0.15, 0.2) is 24.4 Å². The van der Waals surface area contributed by atoms with E-state index in [4.69, 9.17) is 4.74 Å². The number of hydrogen-bond donors (Lipinski definition) is 1. The topological polar surface area (TPSA) is 45.3 Å². The Morgan fingerprint density at radius 1 is 1.22 bits per heavy atom. The van der Waals surface area contributed by atoms with E-state index in [2.05, 4.69) is 43.6 Å². The molecule has 1 heterocycles. The number of carbonyl (C=O) groups excluding carboxylic acids is 1. The Kier molecular flexibility index (Phi) is 5.83. The molecule has 0 amide bonds. The van der Waals surface area contributed by atoms with E-state index in [0.29, 0.717) is 24.3 Å². The molecule has 0 aliphatic heterocycles. The second-order valence-corrected chi connectivity index (χ2v) is 6.50. The molecule has 0 radical (unpaired) electrons. The van der Waals surface area contributed by atoms with Gasteiger partial charge in [-0.15, -0.1) is 0 Å².